The zero-order chi connectivity index (χ0) is 20.3. The van der Waals surface area contributed by atoms with Crippen molar-refractivity contribution in [2.75, 3.05) is 38.0 Å². The predicted molar refractivity (Wildman–Crippen MR) is 106 cm³/mol. The zero-order valence-corrected chi connectivity index (χ0v) is 16.9. The zero-order valence-electron chi connectivity index (χ0n) is 15.4. The van der Waals surface area contributed by atoms with E-state index in [4.69, 9.17) is 11.6 Å². The molecule has 6 nitrogen and oxygen atoms in total. The van der Waals surface area contributed by atoms with Crippen LogP contribution in [0.3, 0.4) is 0 Å². The van der Waals surface area contributed by atoms with Crippen LogP contribution in [0.5, 0.6) is 0 Å². The second kappa shape index (κ2) is 8.57. The van der Waals surface area contributed by atoms with E-state index in [9.17, 15) is 17.6 Å². The van der Waals surface area contributed by atoms with E-state index in [0.717, 1.165) is 11.6 Å². The molecule has 9 heteroatoms. The molecule has 0 aliphatic carbocycles. The van der Waals surface area contributed by atoms with Crippen LogP contribution in [0.25, 0.3) is 0 Å². The smallest absolute Gasteiger partial charge is 0.243 e. The fourth-order valence-electron chi connectivity index (χ4n) is 2.97. The predicted octanol–water partition coefficient (Wildman–Crippen LogP) is 2.73. The minimum atomic E-state index is -3.54. The van der Waals surface area contributed by atoms with Gasteiger partial charge in [-0.3, -0.25) is 9.69 Å². The van der Waals surface area contributed by atoms with Crippen LogP contribution in [-0.2, 0) is 14.8 Å². The molecule has 150 valence electrons. The molecule has 0 atom stereocenters. The summed E-state index contributed by atoms with van der Waals surface area (Å²) >= 11 is 5.70. The topological polar surface area (TPSA) is 69.7 Å². The third-order valence-corrected chi connectivity index (χ3v) is 6.71. The number of benzene rings is 2. The number of piperazine rings is 1. The average Bonchev–Trinajstić information content (AvgIpc) is 2.65. The minimum absolute atomic E-state index is 0.0560. The number of aryl methyl sites for hydroxylation is 1. The number of carbonyl (C=O) groups is 1. The number of hydrogen-bond acceptors (Lipinski definition) is 4. The Morgan fingerprint density at radius 1 is 1.11 bits per heavy atom. The molecule has 1 N–H and O–H groups in total. The van der Waals surface area contributed by atoms with Crippen molar-refractivity contribution in [1.29, 1.82) is 0 Å². The molecule has 1 amide bonds. The lowest BCUT2D eigenvalue weighted by atomic mass is 10.2. The van der Waals surface area contributed by atoms with Gasteiger partial charge in [0.2, 0.25) is 15.9 Å². The van der Waals surface area contributed by atoms with Crippen molar-refractivity contribution in [3.05, 3.63) is 58.9 Å². The highest BCUT2D eigenvalue weighted by Crippen LogP contribution is 2.20. The Morgan fingerprint density at radius 2 is 1.75 bits per heavy atom. The summed E-state index contributed by atoms with van der Waals surface area (Å²) in [4.78, 5) is 14.3. The second-order valence-corrected chi connectivity index (χ2v) is 9.04. The molecule has 2 aromatic carbocycles. The van der Waals surface area contributed by atoms with Crippen molar-refractivity contribution in [3.63, 3.8) is 0 Å². The van der Waals surface area contributed by atoms with Crippen LogP contribution in [-0.4, -0.2) is 56.3 Å². The van der Waals surface area contributed by atoms with Gasteiger partial charge in [0, 0.05) is 31.2 Å². The normalized spacial score (nSPS) is 16.1. The van der Waals surface area contributed by atoms with E-state index in [0.29, 0.717) is 26.2 Å². The molecular formula is C19H21ClFN3O3S. The quantitative estimate of drug-likeness (QED) is 0.799. The summed E-state index contributed by atoms with van der Waals surface area (Å²) in [6.45, 7) is 3.37. The molecule has 0 bridgehead atoms. The van der Waals surface area contributed by atoms with Gasteiger partial charge in [-0.2, -0.15) is 4.31 Å². The van der Waals surface area contributed by atoms with E-state index in [1.807, 2.05) is 11.8 Å². The third kappa shape index (κ3) is 4.88. The lowest BCUT2D eigenvalue weighted by molar-refractivity contribution is -0.117. The SMILES string of the molecule is Cc1ccc(S(=O)(=O)N2CCN(CC(=O)Nc3ccc(Cl)cc3F)CC2)cc1. The van der Waals surface area contributed by atoms with Crippen LogP contribution >= 0.6 is 11.6 Å². The number of nitrogens with zero attached hydrogens (tertiary/aromatic N) is 2. The highest BCUT2D eigenvalue weighted by atomic mass is 35.5. The molecule has 0 radical (unpaired) electrons. The van der Waals surface area contributed by atoms with Crippen LogP contribution in [0.1, 0.15) is 5.56 Å². The van der Waals surface area contributed by atoms with Crippen LogP contribution < -0.4 is 5.32 Å². The van der Waals surface area contributed by atoms with Crippen LogP contribution in [0, 0.1) is 12.7 Å². The molecule has 1 heterocycles. The first-order chi connectivity index (χ1) is 13.3. The highest BCUT2D eigenvalue weighted by Gasteiger charge is 2.29. The largest absolute Gasteiger partial charge is 0.322 e. The third-order valence-electron chi connectivity index (χ3n) is 4.56. The first kappa shape index (κ1) is 20.7. The highest BCUT2D eigenvalue weighted by molar-refractivity contribution is 7.89. The lowest BCUT2D eigenvalue weighted by Crippen LogP contribution is -2.50. The molecule has 2 aromatic rings. The summed E-state index contributed by atoms with van der Waals surface area (Å²) in [5, 5.41) is 2.76. The molecule has 1 saturated heterocycles. The fourth-order valence-corrected chi connectivity index (χ4v) is 4.55. The lowest BCUT2D eigenvalue weighted by Gasteiger charge is -2.33. The summed E-state index contributed by atoms with van der Waals surface area (Å²) in [6.07, 6.45) is 0. The molecule has 0 saturated carbocycles. The molecule has 1 aliphatic rings. The Labute approximate surface area is 168 Å². The Morgan fingerprint density at radius 3 is 2.36 bits per heavy atom. The summed E-state index contributed by atoms with van der Waals surface area (Å²) in [7, 11) is -3.54. The number of nitrogens with one attached hydrogen (secondary N) is 1. The van der Waals surface area contributed by atoms with Crippen molar-refractivity contribution in [2.24, 2.45) is 0 Å². The molecule has 0 unspecified atom stereocenters. The summed E-state index contributed by atoms with van der Waals surface area (Å²) in [5.74, 6) is -0.967. The Kier molecular flexibility index (Phi) is 6.34. The number of carbonyl (C=O) groups excluding carboxylic acids is 1. The van der Waals surface area contributed by atoms with Gasteiger partial charge >= 0.3 is 0 Å². The number of hydrogen-bond donors (Lipinski definition) is 1. The van der Waals surface area contributed by atoms with Gasteiger partial charge in [-0.05, 0) is 37.3 Å². The molecular weight excluding hydrogens is 405 g/mol. The summed E-state index contributed by atoms with van der Waals surface area (Å²) in [6, 6.07) is 10.8. The van der Waals surface area contributed by atoms with E-state index in [1.165, 1.54) is 16.4 Å². The first-order valence-corrected chi connectivity index (χ1v) is 10.6. The van der Waals surface area contributed by atoms with Gasteiger partial charge in [0.1, 0.15) is 5.82 Å². The molecule has 28 heavy (non-hydrogen) atoms. The van der Waals surface area contributed by atoms with Gasteiger partial charge in [-0.1, -0.05) is 29.3 Å². The monoisotopic (exact) mass is 425 g/mol. The average molecular weight is 426 g/mol. The van der Waals surface area contributed by atoms with Gasteiger partial charge < -0.3 is 5.32 Å². The van der Waals surface area contributed by atoms with Crippen molar-refractivity contribution >= 4 is 33.2 Å². The van der Waals surface area contributed by atoms with Gasteiger partial charge in [-0.15, -0.1) is 0 Å². The van der Waals surface area contributed by atoms with Crippen LogP contribution in [0.4, 0.5) is 10.1 Å². The maximum Gasteiger partial charge on any atom is 0.243 e. The maximum absolute atomic E-state index is 13.8. The molecule has 0 aromatic heterocycles. The van der Waals surface area contributed by atoms with Gasteiger partial charge in [0.05, 0.1) is 17.1 Å². The number of amides is 1. The van der Waals surface area contributed by atoms with Crippen LogP contribution in [0.15, 0.2) is 47.4 Å². The van der Waals surface area contributed by atoms with E-state index in [2.05, 4.69) is 5.32 Å². The number of sulfonamides is 1. The minimum Gasteiger partial charge on any atom is -0.322 e. The van der Waals surface area contributed by atoms with Crippen molar-refractivity contribution in [3.8, 4) is 0 Å². The Bertz CT molecular complexity index is 959. The summed E-state index contributed by atoms with van der Waals surface area (Å²) in [5.41, 5.74) is 1.06. The van der Waals surface area contributed by atoms with Gasteiger partial charge in [0.25, 0.3) is 0 Å². The van der Waals surface area contributed by atoms with Crippen molar-refractivity contribution in [1.82, 2.24) is 9.21 Å². The fraction of sp³-hybridized carbons (Fsp3) is 0.316. The van der Waals surface area contributed by atoms with Crippen LogP contribution in [0.2, 0.25) is 5.02 Å². The number of halogens is 2. The molecule has 0 spiro atoms. The van der Waals surface area contributed by atoms with E-state index in [1.54, 1.807) is 24.3 Å². The summed E-state index contributed by atoms with van der Waals surface area (Å²) < 4.78 is 40.6. The molecule has 1 aliphatic heterocycles. The van der Waals surface area contributed by atoms with Gasteiger partial charge in [-0.25, -0.2) is 12.8 Å². The van der Waals surface area contributed by atoms with E-state index >= 15 is 0 Å². The molecule has 3 rings (SSSR count). The maximum atomic E-state index is 13.8. The second-order valence-electron chi connectivity index (χ2n) is 6.67. The standard InChI is InChI=1S/C19H21ClFN3O3S/c1-14-2-5-16(6-3-14)28(26,27)24-10-8-23(9-11-24)13-19(25)22-18-7-4-15(20)12-17(18)21/h2-7,12H,8-11,13H2,1H3,(H,22,25). The van der Waals surface area contributed by atoms with E-state index < -0.39 is 15.8 Å². The number of anilines is 1. The van der Waals surface area contributed by atoms with Crippen molar-refractivity contribution in [2.45, 2.75) is 11.8 Å². The van der Waals surface area contributed by atoms with Crippen molar-refractivity contribution < 1.29 is 17.6 Å². The van der Waals surface area contributed by atoms with Gasteiger partial charge in [0.15, 0.2) is 0 Å². The molecule has 1 fully saturated rings. The Balaban J connectivity index is 1.55. The Hall–Kier alpha value is -2.00. The van der Waals surface area contributed by atoms with E-state index in [-0.39, 0.29) is 28.1 Å². The number of rotatable bonds is 5. The first-order valence-electron chi connectivity index (χ1n) is 8.80.